The molecule has 0 aliphatic carbocycles. The van der Waals surface area contributed by atoms with E-state index < -0.39 is 26.2 Å². The molecule has 1 rings (SSSR count). The first kappa shape index (κ1) is 15.6. The van der Waals surface area contributed by atoms with Crippen LogP contribution in [0, 0.1) is 0 Å². The molecule has 0 atom stereocenters. The minimum Gasteiger partial charge on any atom is -0.299 e. The average molecular weight is 289 g/mol. The van der Waals surface area contributed by atoms with Crippen LogP contribution in [0.4, 0.5) is 0 Å². The topological polar surface area (TPSA) is 115 Å². The Hall–Kier alpha value is -1.41. The second kappa shape index (κ2) is 6.67. The molecule has 0 bridgehead atoms. The minimum atomic E-state index is -4.12. The van der Waals surface area contributed by atoms with Crippen molar-refractivity contribution in [2.75, 3.05) is 0 Å². The van der Waals surface area contributed by atoms with E-state index in [2.05, 4.69) is 6.92 Å². The molecule has 3 N–H and O–H groups in total. The largest absolute Gasteiger partial charge is 0.328 e. The number of nitrogens with two attached hydrogens (primary N) is 1. The van der Waals surface area contributed by atoms with Crippen molar-refractivity contribution in [2.45, 2.75) is 50.5 Å². The number of sulfonamides is 1. The molecule has 19 heavy (non-hydrogen) atoms. The Balaban J connectivity index is 2.85. The Morgan fingerprint density at radius 3 is 2.42 bits per heavy atom. The van der Waals surface area contributed by atoms with Gasteiger partial charge in [0.1, 0.15) is 0 Å². The number of unbranched alkanes of at least 4 members (excludes halogenated alkanes) is 4. The second-order valence-corrected chi connectivity index (χ2v) is 5.94. The maximum atomic E-state index is 11.5. The van der Waals surface area contributed by atoms with E-state index in [0.29, 0.717) is 6.54 Å². The monoisotopic (exact) mass is 289 g/mol. The van der Waals surface area contributed by atoms with Gasteiger partial charge in [-0.1, -0.05) is 32.6 Å². The molecule has 0 saturated carbocycles. The molecule has 0 aromatic carbocycles. The van der Waals surface area contributed by atoms with Crippen LogP contribution in [0.2, 0.25) is 0 Å². The van der Waals surface area contributed by atoms with E-state index in [1.165, 1.54) is 4.57 Å². The number of nitrogens with one attached hydrogen (secondary N) is 1. The lowest BCUT2D eigenvalue weighted by Gasteiger charge is -2.06. The van der Waals surface area contributed by atoms with Crippen LogP contribution in [0.25, 0.3) is 0 Å². The summed E-state index contributed by atoms with van der Waals surface area (Å²) in [6, 6.07) is 0. The number of hydrogen-bond donors (Lipinski definition) is 2. The van der Waals surface area contributed by atoms with Crippen LogP contribution in [0.15, 0.2) is 20.7 Å². The van der Waals surface area contributed by atoms with E-state index in [9.17, 15) is 18.0 Å². The normalized spacial score (nSPS) is 11.7. The van der Waals surface area contributed by atoms with Gasteiger partial charge < -0.3 is 0 Å². The van der Waals surface area contributed by atoms with Gasteiger partial charge in [0.05, 0.1) is 0 Å². The van der Waals surface area contributed by atoms with Crippen molar-refractivity contribution in [3.63, 3.8) is 0 Å². The molecule has 0 spiro atoms. The van der Waals surface area contributed by atoms with Crippen molar-refractivity contribution in [2.24, 2.45) is 5.14 Å². The maximum absolute atomic E-state index is 11.5. The molecule has 0 saturated heterocycles. The third-order valence-electron chi connectivity index (χ3n) is 2.79. The lowest BCUT2D eigenvalue weighted by Crippen LogP contribution is -2.34. The minimum absolute atomic E-state index is 0.363. The van der Waals surface area contributed by atoms with Crippen LogP contribution >= 0.6 is 0 Å². The van der Waals surface area contributed by atoms with E-state index in [4.69, 9.17) is 5.14 Å². The molecule has 8 heteroatoms. The van der Waals surface area contributed by atoms with Gasteiger partial charge in [-0.2, -0.15) is 0 Å². The first-order valence-corrected chi connectivity index (χ1v) is 7.77. The zero-order valence-electron chi connectivity index (χ0n) is 10.9. The molecule has 0 aliphatic heterocycles. The van der Waals surface area contributed by atoms with E-state index in [1.807, 2.05) is 4.98 Å². The molecule has 1 aromatic rings. The Labute approximate surface area is 111 Å². The summed E-state index contributed by atoms with van der Waals surface area (Å²) in [5.74, 6) is 0. The Kier molecular flexibility index (Phi) is 5.49. The second-order valence-electron chi connectivity index (χ2n) is 4.41. The van der Waals surface area contributed by atoms with Gasteiger partial charge in [0.25, 0.3) is 5.56 Å². The third kappa shape index (κ3) is 4.64. The lowest BCUT2D eigenvalue weighted by molar-refractivity contribution is 0.541. The highest BCUT2D eigenvalue weighted by molar-refractivity contribution is 7.89. The fourth-order valence-corrected chi connectivity index (χ4v) is 2.33. The first-order chi connectivity index (χ1) is 8.86. The molecule has 108 valence electrons. The number of aryl methyl sites for hydroxylation is 1. The Bertz CT molecular complexity index is 630. The standard InChI is InChI=1S/C11H19N3O4S/c1-2-3-4-5-6-7-14-8-9(19(12,17)18)10(15)13-11(14)16/h8H,2-7H2,1H3,(H2,12,17,18)(H,13,15,16). The number of nitrogens with zero attached hydrogens (tertiary/aromatic N) is 1. The van der Waals surface area contributed by atoms with Crippen molar-refractivity contribution in [1.29, 1.82) is 0 Å². The highest BCUT2D eigenvalue weighted by Crippen LogP contribution is 2.04. The third-order valence-corrected chi connectivity index (χ3v) is 3.69. The summed E-state index contributed by atoms with van der Waals surface area (Å²) >= 11 is 0. The predicted octanol–water partition coefficient (Wildman–Crippen LogP) is 0.154. The molecule has 0 fully saturated rings. The Morgan fingerprint density at radius 1 is 1.21 bits per heavy atom. The average Bonchev–Trinajstić information content (AvgIpc) is 2.29. The van der Waals surface area contributed by atoms with Crippen LogP contribution in [0.3, 0.4) is 0 Å². The van der Waals surface area contributed by atoms with Gasteiger partial charge in [-0.15, -0.1) is 0 Å². The molecule has 7 nitrogen and oxygen atoms in total. The fraction of sp³-hybridized carbons (Fsp3) is 0.636. The van der Waals surface area contributed by atoms with Crippen molar-refractivity contribution < 1.29 is 8.42 Å². The zero-order valence-corrected chi connectivity index (χ0v) is 11.7. The maximum Gasteiger partial charge on any atom is 0.328 e. The predicted molar refractivity (Wildman–Crippen MR) is 71.5 cm³/mol. The van der Waals surface area contributed by atoms with Gasteiger partial charge in [0, 0.05) is 12.7 Å². The SMILES string of the molecule is CCCCCCCn1cc(S(N)(=O)=O)c(=O)[nH]c1=O. The zero-order chi connectivity index (χ0) is 14.5. The van der Waals surface area contributed by atoms with Gasteiger partial charge >= 0.3 is 5.69 Å². The quantitative estimate of drug-likeness (QED) is 0.695. The summed E-state index contributed by atoms with van der Waals surface area (Å²) < 4.78 is 23.5. The highest BCUT2D eigenvalue weighted by Gasteiger charge is 2.15. The van der Waals surface area contributed by atoms with Crippen LogP contribution in [-0.2, 0) is 16.6 Å². The van der Waals surface area contributed by atoms with E-state index in [1.54, 1.807) is 0 Å². The number of rotatable bonds is 7. The van der Waals surface area contributed by atoms with Gasteiger partial charge in [-0.25, -0.2) is 18.4 Å². The van der Waals surface area contributed by atoms with E-state index in [-0.39, 0.29) is 0 Å². The number of hydrogen-bond acceptors (Lipinski definition) is 4. The molecular formula is C11H19N3O4S. The van der Waals surface area contributed by atoms with Crippen LogP contribution in [0.5, 0.6) is 0 Å². The summed E-state index contributed by atoms with van der Waals surface area (Å²) in [7, 11) is -4.12. The van der Waals surface area contributed by atoms with Gasteiger partial charge in [0.2, 0.25) is 10.0 Å². The van der Waals surface area contributed by atoms with Gasteiger partial charge in [-0.3, -0.25) is 14.3 Å². The summed E-state index contributed by atoms with van der Waals surface area (Å²) in [5, 5.41) is 4.91. The van der Waals surface area contributed by atoms with Crippen molar-refractivity contribution in [3.8, 4) is 0 Å². The molecule has 0 unspecified atom stereocenters. The molecule has 1 heterocycles. The van der Waals surface area contributed by atoms with Crippen molar-refractivity contribution in [1.82, 2.24) is 9.55 Å². The van der Waals surface area contributed by atoms with Crippen LogP contribution < -0.4 is 16.4 Å². The summed E-state index contributed by atoms with van der Waals surface area (Å²) in [6.07, 6.45) is 6.02. The lowest BCUT2D eigenvalue weighted by atomic mass is 10.1. The molecule has 1 aromatic heterocycles. The van der Waals surface area contributed by atoms with Crippen LogP contribution in [-0.4, -0.2) is 18.0 Å². The number of aromatic amines is 1. The number of primary sulfonamides is 1. The molecule has 0 radical (unpaired) electrons. The van der Waals surface area contributed by atoms with Gasteiger partial charge in [0.15, 0.2) is 4.90 Å². The van der Waals surface area contributed by atoms with Gasteiger partial charge in [-0.05, 0) is 6.42 Å². The molecular weight excluding hydrogens is 270 g/mol. The van der Waals surface area contributed by atoms with Crippen LogP contribution in [0.1, 0.15) is 39.0 Å². The Morgan fingerprint density at radius 2 is 1.84 bits per heavy atom. The fourth-order valence-electron chi connectivity index (χ4n) is 1.74. The first-order valence-electron chi connectivity index (χ1n) is 6.23. The summed E-state index contributed by atoms with van der Waals surface area (Å²) in [4.78, 5) is 24.2. The van der Waals surface area contributed by atoms with E-state index >= 15 is 0 Å². The summed E-state index contributed by atoms with van der Waals surface area (Å²) in [6.45, 7) is 2.46. The molecule has 0 aliphatic rings. The van der Waals surface area contributed by atoms with E-state index in [0.717, 1.165) is 38.3 Å². The number of H-pyrrole nitrogens is 1. The summed E-state index contributed by atoms with van der Waals surface area (Å²) in [5.41, 5.74) is -1.59. The molecule has 0 amide bonds. The highest BCUT2D eigenvalue weighted by atomic mass is 32.2. The number of aromatic nitrogens is 2. The van der Waals surface area contributed by atoms with Crippen molar-refractivity contribution >= 4 is 10.0 Å². The smallest absolute Gasteiger partial charge is 0.299 e. The van der Waals surface area contributed by atoms with Crippen molar-refractivity contribution in [3.05, 3.63) is 27.0 Å².